The maximum Gasteiger partial charge on any atom is 0.262 e. The van der Waals surface area contributed by atoms with Crippen LogP contribution in [0.5, 0.6) is 5.75 Å². The Hall–Kier alpha value is -2.63. The molecule has 6 heteroatoms. The Labute approximate surface area is 127 Å². The Balaban J connectivity index is 1.99. The lowest BCUT2D eigenvalue weighted by molar-refractivity contribution is -0.118. The average Bonchev–Trinajstić information content (AvgIpc) is 2.46. The molecule has 0 fully saturated rings. The first-order valence-electron chi connectivity index (χ1n) is 6.61. The van der Waals surface area contributed by atoms with Crippen LogP contribution in [-0.2, 0) is 4.79 Å². The zero-order valence-corrected chi connectivity index (χ0v) is 12.3. The minimum Gasteiger partial charge on any atom is -0.481 e. The molecule has 2 rings (SSSR count). The van der Waals surface area contributed by atoms with Crippen LogP contribution in [0.15, 0.2) is 42.5 Å². The summed E-state index contributed by atoms with van der Waals surface area (Å²) in [4.78, 5) is 13.7. The van der Waals surface area contributed by atoms with Gasteiger partial charge in [0.25, 0.3) is 5.91 Å². The second-order valence-corrected chi connectivity index (χ2v) is 4.82. The lowest BCUT2D eigenvalue weighted by Gasteiger charge is -2.17. The number of anilines is 2. The number of ether oxygens (including phenoxy) is 1. The molecule has 0 aliphatic heterocycles. The molecule has 2 aromatic rings. The summed E-state index contributed by atoms with van der Waals surface area (Å²) in [5.74, 6) is -2.15. The second-order valence-electron chi connectivity index (χ2n) is 4.82. The third kappa shape index (κ3) is 3.94. The van der Waals surface area contributed by atoms with Gasteiger partial charge >= 0.3 is 0 Å². The van der Waals surface area contributed by atoms with Crippen LogP contribution in [0.25, 0.3) is 0 Å². The van der Waals surface area contributed by atoms with Gasteiger partial charge in [-0.25, -0.2) is 8.78 Å². The van der Waals surface area contributed by atoms with Crippen LogP contribution in [-0.4, -0.2) is 26.6 Å². The van der Waals surface area contributed by atoms with E-state index < -0.39 is 17.5 Å². The summed E-state index contributed by atoms with van der Waals surface area (Å²) in [6.07, 6.45) is 0. The van der Waals surface area contributed by atoms with E-state index >= 15 is 0 Å². The number of nitrogens with zero attached hydrogens (tertiary/aromatic N) is 1. The highest BCUT2D eigenvalue weighted by molar-refractivity contribution is 5.95. The Morgan fingerprint density at radius 2 is 1.91 bits per heavy atom. The predicted molar refractivity (Wildman–Crippen MR) is 81.3 cm³/mol. The topological polar surface area (TPSA) is 41.6 Å². The maximum atomic E-state index is 13.4. The molecule has 0 unspecified atom stereocenters. The van der Waals surface area contributed by atoms with Gasteiger partial charge in [-0.3, -0.25) is 4.79 Å². The number of halogens is 2. The first-order valence-corrected chi connectivity index (χ1v) is 6.61. The highest BCUT2D eigenvalue weighted by Gasteiger charge is 2.10. The Morgan fingerprint density at radius 3 is 2.59 bits per heavy atom. The number of benzene rings is 2. The van der Waals surface area contributed by atoms with E-state index in [2.05, 4.69) is 5.32 Å². The molecule has 0 radical (unpaired) electrons. The van der Waals surface area contributed by atoms with E-state index in [4.69, 9.17) is 4.74 Å². The van der Waals surface area contributed by atoms with E-state index in [0.29, 0.717) is 11.8 Å². The summed E-state index contributed by atoms with van der Waals surface area (Å²) < 4.78 is 31.2. The Kier molecular flexibility index (Phi) is 4.93. The minimum atomic E-state index is -0.846. The standard InChI is InChI=1S/C16H16F2N2O2/c1-20(2)14-6-4-3-5-13(14)19-16(21)10-22-15-8-7-11(17)9-12(15)18/h3-9H,10H2,1-2H3,(H,19,21). The summed E-state index contributed by atoms with van der Waals surface area (Å²) in [5.41, 5.74) is 1.46. The molecule has 0 aliphatic rings. The molecule has 0 heterocycles. The SMILES string of the molecule is CN(C)c1ccccc1NC(=O)COc1ccc(F)cc1F. The summed E-state index contributed by atoms with van der Waals surface area (Å²) in [6, 6.07) is 10.2. The van der Waals surface area contributed by atoms with E-state index in [9.17, 15) is 13.6 Å². The summed E-state index contributed by atoms with van der Waals surface area (Å²) in [7, 11) is 3.71. The van der Waals surface area contributed by atoms with Crippen LogP contribution in [0.2, 0.25) is 0 Å². The van der Waals surface area contributed by atoms with Gasteiger partial charge in [0.1, 0.15) is 5.82 Å². The number of amides is 1. The molecule has 0 atom stereocenters. The molecule has 4 nitrogen and oxygen atoms in total. The van der Waals surface area contributed by atoms with Gasteiger partial charge in [-0.1, -0.05) is 12.1 Å². The van der Waals surface area contributed by atoms with Crippen molar-refractivity contribution in [2.45, 2.75) is 0 Å². The van der Waals surface area contributed by atoms with Crippen LogP contribution in [0.1, 0.15) is 0 Å². The Morgan fingerprint density at radius 1 is 1.18 bits per heavy atom. The molecule has 0 bridgehead atoms. The van der Waals surface area contributed by atoms with E-state index in [1.807, 2.05) is 31.1 Å². The van der Waals surface area contributed by atoms with Crippen LogP contribution >= 0.6 is 0 Å². The van der Waals surface area contributed by atoms with Crippen molar-refractivity contribution in [3.63, 3.8) is 0 Å². The number of hydrogen-bond acceptors (Lipinski definition) is 3. The monoisotopic (exact) mass is 306 g/mol. The van der Waals surface area contributed by atoms with Crippen molar-refractivity contribution < 1.29 is 18.3 Å². The molecule has 2 aromatic carbocycles. The van der Waals surface area contributed by atoms with Crippen molar-refractivity contribution in [2.75, 3.05) is 30.9 Å². The maximum absolute atomic E-state index is 13.4. The van der Waals surface area contributed by atoms with E-state index in [-0.39, 0.29) is 12.4 Å². The smallest absolute Gasteiger partial charge is 0.262 e. The number of carbonyl (C=O) groups excluding carboxylic acids is 1. The molecular formula is C16H16F2N2O2. The van der Waals surface area contributed by atoms with Crippen LogP contribution in [0, 0.1) is 11.6 Å². The van der Waals surface area contributed by atoms with Gasteiger partial charge in [0.15, 0.2) is 18.2 Å². The van der Waals surface area contributed by atoms with Crippen LogP contribution < -0.4 is 15.0 Å². The molecule has 0 spiro atoms. The molecule has 0 saturated carbocycles. The van der Waals surface area contributed by atoms with Crippen LogP contribution in [0.4, 0.5) is 20.2 Å². The van der Waals surface area contributed by atoms with Gasteiger partial charge in [-0.2, -0.15) is 0 Å². The number of nitrogens with one attached hydrogen (secondary N) is 1. The lowest BCUT2D eigenvalue weighted by Crippen LogP contribution is -2.22. The van der Waals surface area contributed by atoms with E-state index in [1.165, 1.54) is 0 Å². The number of hydrogen-bond donors (Lipinski definition) is 1. The second kappa shape index (κ2) is 6.89. The van der Waals surface area contributed by atoms with Crippen molar-refractivity contribution in [3.05, 3.63) is 54.1 Å². The normalized spacial score (nSPS) is 10.2. The molecule has 116 valence electrons. The summed E-state index contributed by atoms with van der Waals surface area (Å²) in [5, 5.41) is 2.69. The Bertz CT molecular complexity index is 675. The highest BCUT2D eigenvalue weighted by Crippen LogP contribution is 2.23. The van der Waals surface area contributed by atoms with Crippen LogP contribution in [0.3, 0.4) is 0 Å². The zero-order valence-electron chi connectivity index (χ0n) is 12.3. The van der Waals surface area contributed by atoms with Gasteiger partial charge in [-0.05, 0) is 24.3 Å². The quantitative estimate of drug-likeness (QED) is 0.923. The van der Waals surface area contributed by atoms with Gasteiger partial charge in [0.05, 0.1) is 11.4 Å². The van der Waals surface area contributed by atoms with Crippen molar-refractivity contribution in [1.29, 1.82) is 0 Å². The number of carbonyl (C=O) groups is 1. The predicted octanol–water partition coefficient (Wildman–Crippen LogP) is 3.05. The van der Waals surface area contributed by atoms with Crippen molar-refractivity contribution in [2.24, 2.45) is 0 Å². The largest absolute Gasteiger partial charge is 0.481 e. The summed E-state index contributed by atoms with van der Waals surface area (Å²) in [6.45, 7) is -0.371. The fourth-order valence-corrected chi connectivity index (χ4v) is 1.89. The van der Waals surface area contributed by atoms with Gasteiger partial charge in [0.2, 0.25) is 0 Å². The molecule has 0 aromatic heterocycles. The van der Waals surface area contributed by atoms with Crippen molar-refractivity contribution in [1.82, 2.24) is 0 Å². The molecule has 0 saturated heterocycles. The fraction of sp³-hybridized carbons (Fsp3) is 0.188. The minimum absolute atomic E-state index is 0.169. The average molecular weight is 306 g/mol. The van der Waals surface area contributed by atoms with Gasteiger partial charge in [-0.15, -0.1) is 0 Å². The van der Waals surface area contributed by atoms with E-state index in [0.717, 1.165) is 17.8 Å². The molecular weight excluding hydrogens is 290 g/mol. The first kappa shape index (κ1) is 15.8. The summed E-state index contributed by atoms with van der Waals surface area (Å²) >= 11 is 0. The first-order chi connectivity index (χ1) is 10.5. The number of rotatable bonds is 5. The third-order valence-electron chi connectivity index (χ3n) is 2.91. The van der Waals surface area contributed by atoms with Crippen molar-refractivity contribution >= 4 is 17.3 Å². The molecule has 1 amide bonds. The third-order valence-corrected chi connectivity index (χ3v) is 2.91. The van der Waals surface area contributed by atoms with Gasteiger partial charge < -0.3 is 15.0 Å². The molecule has 1 N–H and O–H groups in total. The van der Waals surface area contributed by atoms with E-state index in [1.54, 1.807) is 12.1 Å². The van der Waals surface area contributed by atoms with Gasteiger partial charge in [0, 0.05) is 20.2 Å². The highest BCUT2D eigenvalue weighted by atomic mass is 19.1. The lowest BCUT2D eigenvalue weighted by atomic mass is 10.2. The van der Waals surface area contributed by atoms with Crippen molar-refractivity contribution in [3.8, 4) is 5.75 Å². The molecule has 0 aliphatic carbocycles. The zero-order chi connectivity index (χ0) is 16.1. The molecule has 22 heavy (non-hydrogen) atoms. The number of para-hydroxylation sites is 2. The fourth-order valence-electron chi connectivity index (χ4n) is 1.89.